The van der Waals surface area contributed by atoms with Crippen LogP contribution in [0.5, 0.6) is 0 Å². The molecule has 1 aliphatic heterocycles. The van der Waals surface area contributed by atoms with E-state index in [-0.39, 0.29) is 12.6 Å². The van der Waals surface area contributed by atoms with Gasteiger partial charge in [0, 0.05) is 54.9 Å². The smallest absolute Gasteiger partial charge is 0.326 e. The van der Waals surface area contributed by atoms with Crippen molar-refractivity contribution in [1.82, 2.24) is 19.8 Å². The van der Waals surface area contributed by atoms with Crippen LogP contribution in [0.1, 0.15) is 22.4 Å². The molecule has 0 saturated carbocycles. The minimum Gasteiger partial charge on any atom is -0.333 e. The van der Waals surface area contributed by atoms with Crippen LogP contribution in [0.2, 0.25) is 15.1 Å². The van der Waals surface area contributed by atoms with Gasteiger partial charge in [-0.3, -0.25) is 9.47 Å². The molecule has 5 rings (SSSR count). The van der Waals surface area contributed by atoms with Crippen LogP contribution in [0.4, 0.5) is 9.18 Å². The fourth-order valence-electron chi connectivity index (χ4n) is 4.54. The number of halogens is 4. The van der Waals surface area contributed by atoms with Gasteiger partial charge in [-0.1, -0.05) is 53.0 Å². The Bertz CT molecular complexity index is 1480. The molecular formula is C27H22Cl3FN4O. The van der Waals surface area contributed by atoms with Gasteiger partial charge in [0.05, 0.1) is 15.6 Å². The molecule has 0 unspecified atom stereocenters. The van der Waals surface area contributed by atoms with Gasteiger partial charge in [0.1, 0.15) is 0 Å². The average Bonchev–Trinajstić information content (AvgIpc) is 3.18. The molecule has 9 heteroatoms. The van der Waals surface area contributed by atoms with Crippen molar-refractivity contribution in [3.8, 4) is 0 Å². The van der Waals surface area contributed by atoms with Crippen molar-refractivity contribution in [1.29, 1.82) is 0 Å². The minimum atomic E-state index is -0.575. The van der Waals surface area contributed by atoms with E-state index in [9.17, 15) is 9.18 Å². The molecule has 3 heterocycles. The Morgan fingerprint density at radius 2 is 1.94 bits per heavy atom. The molecule has 5 nitrogen and oxygen atoms in total. The standard InChI is InChI=1S/C27H22Cl3FN4O/c28-19-4-6-24-20(14-19)21-16-34(10-1-2-17-3-5-22(29)23(30)12-17)11-8-25(21)35(24)27(36)33-15-18-7-9-32-26(31)13-18/h1-7,9,12-14H,8,10-11,15-16H2,(H,33,36)/b2-1+. The SMILES string of the molecule is O=C(NCc1ccnc(F)c1)n1c2c(c3cc(Cl)ccc31)CN(C/C=C/c1ccc(Cl)c(Cl)c1)CC2. The fraction of sp³-hybridized carbons (Fsp3) is 0.185. The van der Waals surface area contributed by atoms with E-state index in [1.807, 2.05) is 30.3 Å². The largest absolute Gasteiger partial charge is 0.333 e. The molecule has 2 aromatic heterocycles. The first kappa shape index (κ1) is 24.8. The number of fused-ring (bicyclic) bond motifs is 3. The number of aromatic nitrogens is 2. The molecule has 0 bridgehead atoms. The van der Waals surface area contributed by atoms with Crippen LogP contribution < -0.4 is 5.32 Å². The van der Waals surface area contributed by atoms with Crippen molar-refractivity contribution in [2.75, 3.05) is 13.1 Å². The van der Waals surface area contributed by atoms with Crippen LogP contribution in [0, 0.1) is 5.95 Å². The zero-order valence-corrected chi connectivity index (χ0v) is 21.4. The van der Waals surface area contributed by atoms with Crippen molar-refractivity contribution in [3.05, 3.63) is 104 Å². The van der Waals surface area contributed by atoms with Crippen molar-refractivity contribution < 1.29 is 9.18 Å². The molecule has 36 heavy (non-hydrogen) atoms. The lowest BCUT2D eigenvalue weighted by atomic mass is 10.0. The van der Waals surface area contributed by atoms with Crippen molar-refractivity contribution in [2.24, 2.45) is 0 Å². The van der Waals surface area contributed by atoms with E-state index in [0.717, 1.165) is 40.8 Å². The summed E-state index contributed by atoms with van der Waals surface area (Å²) in [6.07, 6.45) is 6.21. The third-order valence-electron chi connectivity index (χ3n) is 6.24. The first-order valence-electron chi connectivity index (χ1n) is 11.4. The monoisotopic (exact) mass is 542 g/mol. The summed E-state index contributed by atoms with van der Waals surface area (Å²) in [5.74, 6) is -0.575. The normalized spacial score (nSPS) is 13.9. The second-order valence-corrected chi connectivity index (χ2v) is 9.88. The molecular weight excluding hydrogens is 522 g/mol. The lowest BCUT2D eigenvalue weighted by molar-refractivity contribution is 0.240. The third-order valence-corrected chi connectivity index (χ3v) is 7.22. The minimum absolute atomic E-state index is 0.200. The lowest BCUT2D eigenvalue weighted by Crippen LogP contribution is -2.34. The predicted molar refractivity (Wildman–Crippen MR) is 143 cm³/mol. The van der Waals surface area contributed by atoms with Gasteiger partial charge in [0.15, 0.2) is 0 Å². The summed E-state index contributed by atoms with van der Waals surface area (Å²) in [5, 5.41) is 5.54. The van der Waals surface area contributed by atoms with E-state index in [4.69, 9.17) is 34.8 Å². The number of pyridine rings is 1. The summed E-state index contributed by atoms with van der Waals surface area (Å²) < 4.78 is 15.2. The number of amides is 1. The molecule has 1 N–H and O–H groups in total. The highest BCUT2D eigenvalue weighted by atomic mass is 35.5. The maximum absolute atomic E-state index is 13.4. The van der Waals surface area contributed by atoms with E-state index in [0.29, 0.717) is 33.6 Å². The van der Waals surface area contributed by atoms with Crippen molar-refractivity contribution in [2.45, 2.75) is 19.5 Å². The lowest BCUT2D eigenvalue weighted by Gasteiger charge is -2.27. The summed E-state index contributed by atoms with van der Waals surface area (Å²) in [7, 11) is 0. The van der Waals surface area contributed by atoms with Gasteiger partial charge in [-0.15, -0.1) is 0 Å². The van der Waals surface area contributed by atoms with Crippen LogP contribution >= 0.6 is 34.8 Å². The summed E-state index contributed by atoms with van der Waals surface area (Å²) in [5.41, 5.74) is 4.48. The molecule has 0 saturated heterocycles. The molecule has 2 aromatic carbocycles. The molecule has 1 amide bonds. The summed E-state index contributed by atoms with van der Waals surface area (Å²) in [6.45, 7) is 2.43. The summed E-state index contributed by atoms with van der Waals surface area (Å²) in [4.78, 5) is 19.1. The Hall–Kier alpha value is -2.90. The molecule has 0 atom stereocenters. The molecule has 184 valence electrons. The Morgan fingerprint density at radius 1 is 1.08 bits per heavy atom. The van der Waals surface area contributed by atoms with Gasteiger partial charge in [0.2, 0.25) is 5.95 Å². The van der Waals surface area contributed by atoms with Crippen LogP contribution in [0.3, 0.4) is 0 Å². The summed E-state index contributed by atoms with van der Waals surface area (Å²) >= 11 is 18.4. The number of hydrogen-bond donors (Lipinski definition) is 1. The Balaban J connectivity index is 1.36. The van der Waals surface area contributed by atoms with E-state index in [1.165, 1.54) is 12.3 Å². The van der Waals surface area contributed by atoms with Crippen molar-refractivity contribution >= 4 is 57.8 Å². The number of nitrogens with one attached hydrogen (secondary N) is 1. The quantitative estimate of drug-likeness (QED) is 0.277. The van der Waals surface area contributed by atoms with Crippen LogP contribution in [-0.2, 0) is 19.5 Å². The maximum atomic E-state index is 13.4. The van der Waals surface area contributed by atoms with E-state index in [2.05, 4.69) is 21.3 Å². The number of carbonyl (C=O) groups is 1. The highest BCUT2D eigenvalue weighted by Gasteiger charge is 2.26. The molecule has 0 spiro atoms. The highest BCUT2D eigenvalue weighted by Crippen LogP contribution is 2.33. The molecule has 4 aromatic rings. The zero-order valence-electron chi connectivity index (χ0n) is 19.1. The molecule has 1 aliphatic rings. The van der Waals surface area contributed by atoms with E-state index >= 15 is 0 Å². The molecule has 0 fully saturated rings. The van der Waals surface area contributed by atoms with E-state index < -0.39 is 5.95 Å². The third kappa shape index (κ3) is 5.27. The topological polar surface area (TPSA) is 50.2 Å². The van der Waals surface area contributed by atoms with Crippen LogP contribution in [0.25, 0.3) is 17.0 Å². The first-order chi connectivity index (χ1) is 17.4. The highest BCUT2D eigenvalue weighted by molar-refractivity contribution is 6.42. The number of benzene rings is 2. The Morgan fingerprint density at radius 3 is 2.75 bits per heavy atom. The fourth-order valence-corrected chi connectivity index (χ4v) is 5.02. The maximum Gasteiger partial charge on any atom is 0.326 e. The molecule has 0 aliphatic carbocycles. The Kier molecular flexibility index (Phi) is 7.30. The van der Waals surface area contributed by atoms with Gasteiger partial charge in [-0.05, 0) is 59.2 Å². The molecule has 0 radical (unpaired) electrons. The van der Waals surface area contributed by atoms with Gasteiger partial charge in [-0.2, -0.15) is 4.39 Å². The second kappa shape index (κ2) is 10.6. The van der Waals surface area contributed by atoms with Gasteiger partial charge in [-0.25, -0.2) is 9.78 Å². The second-order valence-electron chi connectivity index (χ2n) is 8.63. The van der Waals surface area contributed by atoms with Crippen LogP contribution in [-0.4, -0.2) is 33.6 Å². The van der Waals surface area contributed by atoms with Gasteiger partial charge in [0.25, 0.3) is 0 Å². The average molecular weight is 544 g/mol. The van der Waals surface area contributed by atoms with Crippen molar-refractivity contribution in [3.63, 3.8) is 0 Å². The predicted octanol–water partition coefficient (Wildman–Crippen LogP) is 6.97. The van der Waals surface area contributed by atoms with E-state index in [1.54, 1.807) is 22.8 Å². The first-order valence-corrected chi connectivity index (χ1v) is 12.6. The number of nitrogens with zero attached hydrogens (tertiary/aromatic N) is 3. The summed E-state index contributed by atoms with van der Waals surface area (Å²) in [6, 6.07) is 13.8. The zero-order chi connectivity index (χ0) is 25.2. The number of rotatable bonds is 5. The number of carbonyl (C=O) groups excluding carboxylic acids is 1. The number of hydrogen-bond acceptors (Lipinski definition) is 3. The van der Waals surface area contributed by atoms with Crippen LogP contribution in [0.15, 0.2) is 60.8 Å². The van der Waals surface area contributed by atoms with Gasteiger partial charge < -0.3 is 5.32 Å². The van der Waals surface area contributed by atoms with Gasteiger partial charge >= 0.3 is 6.03 Å². The Labute approximate surface area is 223 Å².